The molecule has 0 heterocycles. The van der Waals surface area contributed by atoms with Crippen molar-refractivity contribution in [3.8, 4) is 0 Å². The maximum Gasteiger partial charge on any atom is 0.328 e. The number of carbonyl (C=O) groups is 1. The molecular weight excluding hydrogens is 166 g/mol. The average molecular weight is 185 g/mol. The molecule has 0 spiro atoms. The molecule has 3 heteroatoms. The fourth-order valence-electron chi connectivity index (χ4n) is 0.896. The molecule has 0 radical (unpaired) electrons. The molecule has 0 aromatic rings. The highest BCUT2D eigenvalue weighted by Gasteiger charge is 2.08. The SMILES string of the molecule is CC(=CC(=O)O)CNCC(C)(C)C. The van der Waals surface area contributed by atoms with Crippen LogP contribution in [-0.4, -0.2) is 24.2 Å². The number of carboxylic acids is 1. The van der Waals surface area contributed by atoms with Crippen LogP contribution in [0.2, 0.25) is 0 Å². The molecule has 76 valence electrons. The predicted octanol–water partition coefficient (Wildman–Crippen LogP) is 1.65. The van der Waals surface area contributed by atoms with Gasteiger partial charge in [0.25, 0.3) is 0 Å². The standard InChI is InChI=1S/C10H19NO2/c1-8(5-9(12)13)6-11-7-10(2,3)4/h5,11H,6-7H2,1-4H3,(H,12,13). The van der Waals surface area contributed by atoms with E-state index >= 15 is 0 Å². The second-order valence-corrected chi connectivity index (χ2v) is 4.49. The largest absolute Gasteiger partial charge is 0.478 e. The summed E-state index contributed by atoms with van der Waals surface area (Å²) in [6, 6.07) is 0. The molecule has 0 fully saturated rings. The maximum atomic E-state index is 10.3. The van der Waals surface area contributed by atoms with Gasteiger partial charge in [-0.05, 0) is 12.3 Å². The van der Waals surface area contributed by atoms with Gasteiger partial charge in [0, 0.05) is 19.2 Å². The molecule has 0 aliphatic carbocycles. The highest BCUT2D eigenvalue weighted by molar-refractivity contribution is 5.80. The van der Waals surface area contributed by atoms with Gasteiger partial charge in [0.15, 0.2) is 0 Å². The maximum absolute atomic E-state index is 10.3. The topological polar surface area (TPSA) is 49.3 Å². The Morgan fingerprint density at radius 3 is 2.38 bits per heavy atom. The van der Waals surface area contributed by atoms with E-state index in [9.17, 15) is 4.79 Å². The second kappa shape index (κ2) is 5.02. The Kier molecular flexibility index (Phi) is 4.70. The molecule has 13 heavy (non-hydrogen) atoms. The molecular formula is C10H19NO2. The number of rotatable bonds is 4. The lowest BCUT2D eigenvalue weighted by Gasteiger charge is -2.18. The van der Waals surface area contributed by atoms with Gasteiger partial charge >= 0.3 is 5.97 Å². The lowest BCUT2D eigenvalue weighted by molar-refractivity contribution is -0.131. The summed E-state index contributed by atoms with van der Waals surface area (Å²) in [5.41, 5.74) is 1.08. The van der Waals surface area contributed by atoms with Crippen LogP contribution in [0.5, 0.6) is 0 Å². The molecule has 0 aromatic carbocycles. The van der Waals surface area contributed by atoms with Gasteiger partial charge < -0.3 is 10.4 Å². The van der Waals surface area contributed by atoms with Crippen molar-refractivity contribution in [2.75, 3.05) is 13.1 Å². The van der Waals surface area contributed by atoms with Gasteiger partial charge in [-0.25, -0.2) is 4.79 Å². The summed E-state index contributed by atoms with van der Waals surface area (Å²) < 4.78 is 0. The van der Waals surface area contributed by atoms with Gasteiger partial charge in [-0.3, -0.25) is 0 Å². The zero-order chi connectivity index (χ0) is 10.5. The Bertz CT molecular complexity index is 201. The van der Waals surface area contributed by atoms with Crippen LogP contribution < -0.4 is 5.32 Å². The first-order valence-electron chi connectivity index (χ1n) is 4.42. The summed E-state index contributed by atoms with van der Waals surface area (Å²) in [7, 11) is 0. The van der Waals surface area contributed by atoms with E-state index in [1.807, 2.05) is 6.92 Å². The molecule has 0 unspecified atom stereocenters. The molecule has 0 atom stereocenters. The molecule has 0 aromatic heterocycles. The Morgan fingerprint density at radius 2 is 2.00 bits per heavy atom. The summed E-state index contributed by atoms with van der Waals surface area (Å²) in [4.78, 5) is 10.3. The number of nitrogens with one attached hydrogen (secondary N) is 1. The smallest absolute Gasteiger partial charge is 0.328 e. The van der Waals surface area contributed by atoms with Gasteiger partial charge in [-0.1, -0.05) is 26.3 Å². The molecule has 3 nitrogen and oxygen atoms in total. The second-order valence-electron chi connectivity index (χ2n) is 4.49. The van der Waals surface area contributed by atoms with Crippen LogP contribution in [0.15, 0.2) is 11.6 Å². The van der Waals surface area contributed by atoms with E-state index in [1.165, 1.54) is 6.08 Å². The van der Waals surface area contributed by atoms with E-state index in [4.69, 9.17) is 5.11 Å². The van der Waals surface area contributed by atoms with Crippen LogP contribution in [0.25, 0.3) is 0 Å². The van der Waals surface area contributed by atoms with E-state index < -0.39 is 5.97 Å². The Hall–Kier alpha value is -0.830. The predicted molar refractivity (Wildman–Crippen MR) is 53.7 cm³/mol. The van der Waals surface area contributed by atoms with Crippen LogP contribution in [0.1, 0.15) is 27.7 Å². The third kappa shape index (κ3) is 9.08. The number of hydrogen-bond acceptors (Lipinski definition) is 2. The van der Waals surface area contributed by atoms with Crippen molar-refractivity contribution in [2.24, 2.45) is 5.41 Å². The Morgan fingerprint density at radius 1 is 1.46 bits per heavy atom. The van der Waals surface area contributed by atoms with Gasteiger partial charge in [-0.2, -0.15) is 0 Å². The fourth-order valence-corrected chi connectivity index (χ4v) is 0.896. The van der Waals surface area contributed by atoms with E-state index in [0.29, 0.717) is 6.54 Å². The van der Waals surface area contributed by atoms with Crippen molar-refractivity contribution in [2.45, 2.75) is 27.7 Å². The first-order chi connectivity index (χ1) is 5.81. The molecule has 0 aliphatic rings. The van der Waals surface area contributed by atoms with Crippen LogP contribution in [0.3, 0.4) is 0 Å². The minimum Gasteiger partial charge on any atom is -0.478 e. The zero-order valence-corrected chi connectivity index (χ0v) is 8.85. The zero-order valence-electron chi connectivity index (χ0n) is 8.85. The average Bonchev–Trinajstić information content (AvgIpc) is 1.81. The third-order valence-corrected chi connectivity index (χ3v) is 1.43. The normalized spacial score (nSPS) is 13.1. The Labute approximate surface area is 79.8 Å². The first-order valence-corrected chi connectivity index (χ1v) is 4.42. The van der Waals surface area contributed by atoms with Crippen molar-refractivity contribution in [3.05, 3.63) is 11.6 Å². The van der Waals surface area contributed by atoms with Crippen molar-refractivity contribution in [1.82, 2.24) is 5.32 Å². The van der Waals surface area contributed by atoms with Crippen LogP contribution >= 0.6 is 0 Å². The monoisotopic (exact) mass is 185 g/mol. The van der Waals surface area contributed by atoms with Gasteiger partial charge in [0.05, 0.1) is 0 Å². The molecule has 0 bridgehead atoms. The van der Waals surface area contributed by atoms with E-state index in [-0.39, 0.29) is 5.41 Å². The molecule has 0 saturated carbocycles. The van der Waals surface area contributed by atoms with E-state index in [0.717, 1.165) is 12.1 Å². The van der Waals surface area contributed by atoms with Gasteiger partial charge in [-0.15, -0.1) is 0 Å². The van der Waals surface area contributed by atoms with Crippen LogP contribution in [0, 0.1) is 5.41 Å². The molecule has 0 rings (SSSR count). The summed E-state index contributed by atoms with van der Waals surface area (Å²) in [5, 5.41) is 11.6. The number of aliphatic carboxylic acids is 1. The summed E-state index contributed by atoms with van der Waals surface area (Å²) >= 11 is 0. The van der Waals surface area contributed by atoms with Crippen molar-refractivity contribution in [3.63, 3.8) is 0 Å². The third-order valence-electron chi connectivity index (χ3n) is 1.43. The summed E-state index contributed by atoms with van der Waals surface area (Å²) in [6.07, 6.45) is 1.23. The van der Waals surface area contributed by atoms with Gasteiger partial charge in [0.2, 0.25) is 0 Å². The number of carboxylic acid groups (broad SMARTS) is 1. The van der Waals surface area contributed by atoms with E-state index in [1.54, 1.807) is 0 Å². The highest BCUT2D eigenvalue weighted by Crippen LogP contribution is 2.10. The number of hydrogen-bond donors (Lipinski definition) is 2. The minimum absolute atomic E-state index is 0.240. The molecule has 0 aliphatic heterocycles. The molecule has 2 N–H and O–H groups in total. The quantitative estimate of drug-likeness (QED) is 0.655. The summed E-state index contributed by atoms with van der Waals surface area (Å²) in [5.74, 6) is -0.880. The minimum atomic E-state index is -0.880. The van der Waals surface area contributed by atoms with Crippen molar-refractivity contribution >= 4 is 5.97 Å². The lowest BCUT2D eigenvalue weighted by atomic mass is 9.97. The van der Waals surface area contributed by atoms with Crippen LogP contribution in [-0.2, 0) is 4.79 Å². The van der Waals surface area contributed by atoms with Gasteiger partial charge in [0.1, 0.15) is 0 Å². The van der Waals surface area contributed by atoms with Crippen molar-refractivity contribution in [1.29, 1.82) is 0 Å². The molecule has 0 amide bonds. The van der Waals surface area contributed by atoms with Crippen molar-refractivity contribution < 1.29 is 9.90 Å². The van der Waals surface area contributed by atoms with E-state index in [2.05, 4.69) is 26.1 Å². The fraction of sp³-hybridized carbons (Fsp3) is 0.700. The molecule has 0 saturated heterocycles. The lowest BCUT2D eigenvalue weighted by Crippen LogP contribution is -2.28. The summed E-state index contributed by atoms with van der Waals surface area (Å²) in [6.45, 7) is 9.74. The van der Waals surface area contributed by atoms with Crippen LogP contribution in [0.4, 0.5) is 0 Å². The first kappa shape index (κ1) is 12.2. The Balaban J connectivity index is 3.72. The highest BCUT2D eigenvalue weighted by atomic mass is 16.4.